The van der Waals surface area contributed by atoms with Crippen LogP contribution in [-0.4, -0.2) is 61.6 Å². The molecule has 14 heteroatoms. The smallest absolute Gasteiger partial charge is 0.385 e. The summed E-state index contributed by atoms with van der Waals surface area (Å²) in [5.74, 6) is 0.223. The van der Waals surface area contributed by atoms with Crippen molar-refractivity contribution in [1.29, 1.82) is 0 Å². The van der Waals surface area contributed by atoms with Crippen LogP contribution in [0.5, 0.6) is 0 Å². The normalized spacial score (nSPS) is 14.3. The average molecular weight is 549 g/mol. The molecule has 1 aromatic carbocycles. The van der Waals surface area contributed by atoms with Crippen LogP contribution in [0.3, 0.4) is 0 Å². The Hall–Kier alpha value is -3.09. The third kappa shape index (κ3) is 6.62. The van der Waals surface area contributed by atoms with E-state index in [0.29, 0.717) is 48.0 Å². The Labute approximate surface area is 218 Å². The molecule has 4 rings (SSSR count). The van der Waals surface area contributed by atoms with E-state index in [9.17, 15) is 9.36 Å². The summed E-state index contributed by atoms with van der Waals surface area (Å²) in [6.45, 7) is 7.37. The van der Waals surface area contributed by atoms with Crippen LogP contribution < -0.4 is 21.1 Å². The quantitative estimate of drug-likeness (QED) is 0.206. The summed E-state index contributed by atoms with van der Waals surface area (Å²) < 4.78 is 35.9. The minimum atomic E-state index is -3.72. The number of hydrogen-bond donors (Lipinski definition) is 2. The van der Waals surface area contributed by atoms with E-state index in [1.807, 2.05) is 35.2 Å². The molecule has 0 radical (unpaired) electrons. The van der Waals surface area contributed by atoms with Crippen LogP contribution in [-0.2, 0) is 23.1 Å². The predicted octanol–water partition coefficient (Wildman–Crippen LogP) is 3.93. The molecule has 1 aliphatic heterocycles. The highest BCUT2D eigenvalue weighted by Crippen LogP contribution is 2.49. The summed E-state index contributed by atoms with van der Waals surface area (Å²) in [6, 6.07) is 9.51. The van der Waals surface area contributed by atoms with E-state index < -0.39 is 7.60 Å². The minimum absolute atomic E-state index is 0.105. The number of hydrogen-bond acceptors (Lipinski definition) is 12. The molecule has 198 valence electrons. The van der Waals surface area contributed by atoms with Crippen molar-refractivity contribution in [1.82, 2.24) is 9.97 Å². The number of morpholine rings is 1. The summed E-state index contributed by atoms with van der Waals surface area (Å²) in [5, 5.41) is 8.06. The number of carbonyl (C=O) groups excluding carboxylic acids is 1. The number of ether oxygens (including phenoxy) is 1. The van der Waals surface area contributed by atoms with Crippen molar-refractivity contribution in [3.63, 3.8) is 0 Å². The summed E-state index contributed by atoms with van der Waals surface area (Å²) in [4.78, 5) is 22.6. The van der Waals surface area contributed by atoms with Gasteiger partial charge in [0.1, 0.15) is 16.9 Å². The van der Waals surface area contributed by atoms with Gasteiger partial charge in [0.2, 0.25) is 28.2 Å². The fourth-order valence-electron chi connectivity index (χ4n) is 3.57. The van der Waals surface area contributed by atoms with Gasteiger partial charge in [0.25, 0.3) is 0 Å². The number of nitrogens with one attached hydrogen (secondary N) is 2. The minimum Gasteiger partial charge on any atom is -0.418 e. The Morgan fingerprint density at radius 1 is 1.19 bits per heavy atom. The molecule has 1 amide bonds. The van der Waals surface area contributed by atoms with Gasteiger partial charge in [-0.15, -0.1) is 0 Å². The largest absolute Gasteiger partial charge is 0.418 e. The van der Waals surface area contributed by atoms with Gasteiger partial charge in [0.15, 0.2) is 0 Å². The Kier molecular flexibility index (Phi) is 9.06. The van der Waals surface area contributed by atoms with Gasteiger partial charge in [-0.1, -0.05) is 41.7 Å². The maximum absolute atomic E-state index is 13.5. The molecule has 2 aromatic heterocycles. The van der Waals surface area contributed by atoms with Crippen LogP contribution >= 0.6 is 18.9 Å². The van der Waals surface area contributed by atoms with Crippen molar-refractivity contribution in [3.8, 4) is 11.3 Å². The van der Waals surface area contributed by atoms with Crippen molar-refractivity contribution >= 4 is 52.5 Å². The van der Waals surface area contributed by atoms with Gasteiger partial charge in [0, 0.05) is 25.6 Å². The highest BCUT2D eigenvalue weighted by molar-refractivity contribution is 7.62. The van der Waals surface area contributed by atoms with Crippen LogP contribution in [0.15, 0.2) is 39.9 Å². The van der Waals surface area contributed by atoms with E-state index in [0.717, 1.165) is 5.56 Å². The standard InChI is InChI=1S/C23H29N6O6PS/c1-4-33-36(31,34-5-2)20-22(29-11-13-32-14-12-29)35-18(26-20)15-24-28-23-27-19(17-9-7-6-8-10-17)21(37-23)25-16(3)30/h6-10,15H,4-5,11-14H2,1-3H3,(H,25,30)(H,27,28). The topological polar surface area (TPSA) is 140 Å². The van der Waals surface area contributed by atoms with Crippen LogP contribution in [0.2, 0.25) is 0 Å². The first-order valence-electron chi connectivity index (χ1n) is 11.8. The second kappa shape index (κ2) is 12.4. The highest BCUT2D eigenvalue weighted by atomic mass is 32.1. The van der Waals surface area contributed by atoms with Crippen LogP contribution in [0, 0.1) is 0 Å². The Bertz CT molecular complexity index is 1260. The lowest BCUT2D eigenvalue weighted by molar-refractivity contribution is -0.114. The van der Waals surface area contributed by atoms with Crippen LogP contribution in [0.25, 0.3) is 11.3 Å². The number of thiazole rings is 1. The van der Waals surface area contributed by atoms with E-state index in [1.54, 1.807) is 13.8 Å². The van der Waals surface area contributed by atoms with Crippen LogP contribution in [0.1, 0.15) is 26.7 Å². The van der Waals surface area contributed by atoms with Gasteiger partial charge < -0.3 is 28.4 Å². The molecule has 3 aromatic rings. The Balaban J connectivity index is 1.60. The third-order valence-corrected chi connectivity index (χ3v) is 7.95. The molecular formula is C23H29N6O6PS. The monoisotopic (exact) mass is 548 g/mol. The molecule has 2 N–H and O–H groups in total. The molecular weight excluding hydrogens is 519 g/mol. The molecule has 1 fully saturated rings. The van der Waals surface area contributed by atoms with Crippen molar-refractivity contribution in [2.45, 2.75) is 20.8 Å². The zero-order valence-corrected chi connectivity index (χ0v) is 22.5. The molecule has 12 nitrogen and oxygen atoms in total. The zero-order valence-electron chi connectivity index (χ0n) is 20.8. The Morgan fingerprint density at radius 2 is 1.89 bits per heavy atom. The lowest BCUT2D eigenvalue weighted by Gasteiger charge is -2.27. The van der Waals surface area contributed by atoms with E-state index in [2.05, 4.69) is 25.8 Å². The molecule has 0 atom stereocenters. The lowest BCUT2D eigenvalue weighted by atomic mass is 10.2. The number of rotatable bonds is 11. The van der Waals surface area contributed by atoms with Crippen molar-refractivity contribution in [2.75, 3.05) is 55.2 Å². The van der Waals surface area contributed by atoms with E-state index >= 15 is 0 Å². The summed E-state index contributed by atoms with van der Waals surface area (Å²) in [5.41, 5.74) is 4.44. The van der Waals surface area contributed by atoms with Gasteiger partial charge in [0.05, 0.1) is 26.4 Å². The first-order valence-corrected chi connectivity index (χ1v) is 14.2. The molecule has 0 bridgehead atoms. The first-order chi connectivity index (χ1) is 17.9. The third-order valence-electron chi connectivity index (χ3n) is 5.06. The number of amides is 1. The first kappa shape index (κ1) is 27.0. The average Bonchev–Trinajstić information content (AvgIpc) is 3.50. The summed E-state index contributed by atoms with van der Waals surface area (Å²) in [6.07, 6.45) is 1.36. The maximum Gasteiger partial charge on any atom is 0.385 e. The van der Waals surface area contributed by atoms with Crippen molar-refractivity contribution in [2.24, 2.45) is 5.10 Å². The van der Waals surface area contributed by atoms with Crippen LogP contribution in [0.4, 0.5) is 16.0 Å². The zero-order chi connectivity index (χ0) is 26.3. The molecule has 0 unspecified atom stereocenters. The number of aromatic nitrogens is 2. The van der Waals surface area contributed by atoms with Gasteiger partial charge >= 0.3 is 7.60 Å². The van der Waals surface area contributed by atoms with E-state index in [4.69, 9.17) is 18.2 Å². The summed E-state index contributed by atoms with van der Waals surface area (Å²) in [7, 11) is -3.72. The molecule has 0 spiro atoms. The fourth-order valence-corrected chi connectivity index (χ4v) is 6.10. The van der Waals surface area contributed by atoms with Crippen molar-refractivity contribution < 1.29 is 27.6 Å². The van der Waals surface area contributed by atoms with Gasteiger partial charge in [-0.2, -0.15) is 10.1 Å². The lowest BCUT2D eigenvalue weighted by Crippen LogP contribution is -2.38. The molecule has 0 saturated carbocycles. The van der Waals surface area contributed by atoms with Crippen molar-refractivity contribution in [3.05, 3.63) is 36.2 Å². The summed E-state index contributed by atoms with van der Waals surface area (Å²) >= 11 is 1.24. The molecule has 0 aliphatic carbocycles. The molecule has 3 heterocycles. The van der Waals surface area contributed by atoms with Gasteiger partial charge in [-0.25, -0.2) is 4.98 Å². The number of oxazole rings is 1. The molecule has 1 saturated heterocycles. The number of anilines is 3. The second-order valence-corrected chi connectivity index (χ2v) is 10.7. The highest BCUT2D eigenvalue weighted by Gasteiger charge is 2.37. The Morgan fingerprint density at radius 3 is 2.54 bits per heavy atom. The molecule has 37 heavy (non-hydrogen) atoms. The maximum atomic E-state index is 13.5. The molecule has 1 aliphatic rings. The van der Waals surface area contributed by atoms with E-state index in [-0.39, 0.29) is 30.4 Å². The number of benzene rings is 1. The number of hydrazone groups is 1. The number of carbonyl (C=O) groups is 1. The number of nitrogens with zero attached hydrogens (tertiary/aromatic N) is 4. The predicted molar refractivity (Wildman–Crippen MR) is 143 cm³/mol. The fraction of sp³-hybridized carbons (Fsp3) is 0.391. The van der Waals surface area contributed by atoms with Gasteiger partial charge in [-0.3, -0.25) is 14.8 Å². The second-order valence-electron chi connectivity index (χ2n) is 7.73. The van der Waals surface area contributed by atoms with E-state index in [1.165, 1.54) is 24.5 Å². The van der Waals surface area contributed by atoms with Gasteiger partial charge in [-0.05, 0) is 13.8 Å². The SMILES string of the molecule is CCOP(=O)(OCC)c1nc(C=NNc2nc(-c3ccccc3)c(NC(C)=O)s2)oc1N1CCOCC1.